The molecule has 2 aliphatic rings. The van der Waals surface area contributed by atoms with E-state index in [9.17, 15) is 9.18 Å². The molecule has 6 nitrogen and oxygen atoms in total. The van der Waals surface area contributed by atoms with E-state index in [2.05, 4.69) is 0 Å². The minimum absolute atomic E-state index is 0.116. The summed E-state index contributed by atoms with van der Waals surface area (Å²) < 4.78 is 35.2. The lowest BCUT2D eigenvalue weighted by Crippen LogP contribution is -2.41. The molecule has 0 aliphatic carbocycles. The Bertz CT molecular complexity index is 761. The number of ether oxygens (including phenoxy) is 3. The fraction of sp³-hybridized carbons (Fsp3) is 0.450. The van der Waals surface area contributed by atoms with Crippen molar-refractivity contribution in [2.45, 2.75) is 25.7 Å². The summed E-state index contributed by atoms with van der Waals surface area (Å²) in [6, 6.07) is 9.15. The van der Waals surface area contributed by atoms with Crippen molar-refractivity contribution in [2.75, 3.05) is 26.3 Å². The number of amides is 1. The second kappa shape index (κ2) is 8.10. The molecule has 2 aromatic rings. The van der Waals surface area contributed by atoms with E-state index in [0.29, 0.717) is 49.5 Å². The molecule has 2 saturated heterocycles. The van der Waals surface area contributed by atoms with E-state index in [0.717, 1.165) is 12.8 Å². The summed E-state index contributed by atoms with van der Waals surface area (Å²) >= 11 is 0. The summed E-state index contributed by atoms with van der Waals surface area (Å²) in [6.07, 6.45) is 1.59. The van der Waals surface area contributed by atoms with E-state index in [4.69, 9.17) is 18.6 Å². The van der Waals surface area contributed by atoms with Crippen molar-refractivity contribution in [1.29, 1.82) is 0 Å². The number of furan rings is 1. The fourth-order valence-electron chi connectivity index (χ4n) is 3.44. The third kappa shape index (κ3) is 4.31. The van der Waals surface area contributed by atoms with Crippen molar-refractivity contribution in [3.63, 3.8) is 0 Å². The topological polar surface area (TPSA) is 61.1 Å². The number of benzene rings is 1. The maximum atomic E-state index is 12.9. The van der Waals surface area contributed by atoms with Crippen LogP contribution in [0, 0.1) is 11.7 Å². The number of halogens is 1. The molecular formula is C20H22FNO5. The van der Waals surface area contributed by atoms with Gasteiger partial charge in [0.25, 0.3) is 5.91 Å². The van der Waals surface area contributed by atoms with Crippen LogP contribution in [0.1, 0.15) is 29.2 Å². The highest BCUT2D eigenvalue weighted by Crippen LogP contribution is 2.27. The highest BCUT2D eigenvalue weighted by atomic mass is 19.1. The van der Waals surface area contributed by atoms with Crippen LogP contribution in [-0.4, -0.2) is 43.4 Å². The third-order valence-electron chi connectivity index (χ3n) is 4.93. The number of hydrogen-bond acceptors (Lipinski definition) is 5. The van der Waals surface area contributed by atoms with Gasteiger partial charge in [-0.3, -0.25) is 4.79 Å². The molecule has 0 spiro atoms. The Kier molecular flexibility index (Phi) is 5.40. The summed E-state index contributed by atoms with van der Waals surface area (Å²) in [7, 11) is 0. The first kappa shape index (κ1) is 18.0. The van der Waals surface area contributed by atoms with Gasteiger partial charge >= 0.3 is 0 Å². The van der Waals surface area contributed by atoms with E-state index in [1.165, 1.54) is 12.1 Å². The van der Waals surface area contributed by atoms with Crippen LogP contribution in [0.5, 0.6) is 5.75 Å². The number of carbonyl (C=O) groups excluding carboxylic acids is 1. The fourth-order valence-corrected chi connectivity index (χ4v) is 3.44. The van der Waals surface area contributed by atoms with Crippen LogP contribution in [-0.2, 0) is 16.1 Å². The quantitative estimate of drug-likeness (QED) is 0.803. The van der Waals surface area contributed by atoms with E-state index < -0.39 is 0 Å². The first-order valence-corrected chi connectivity index (χ1v) is 9.18. The average Bonchev–Trinajstić information content (AvgIpc) is 3.39. The minimum Gasteiger partial charge on any atom is -0.486 e. The molecule has 3 heterocycles. The largest absolute Gasteiger partial charge is 0.486 e. The Hall–Kier alpha value is -2.38. The van der Waals surface area contributed by atoms with E-state index >= 15 is 0 Å². The zero-order valence-electron chi connectivity index (χ0n) is 14.9. The Balaban J connectivity index is 1.29. The normalized spacial score (nSPS) is 18.8. The lowest BCUT2D eigenvalue weighted by atomic mass is 9.96. The maximum Gasteiger partial charge on any atom is 0.289 e. The Morgan fingerprint density at radius 3 is 2.48 bits per heavy atom. The first-order valence-electron chi connectivity index (χ1n) is 9.18. The molecule has 0 bridgehead atoms. The van der Waals surface area contributed by atoms with E-state index in [1.807, 2.05) is 0 Å². The van der Waals surface area contributed by atoms with Crippen LogP contribution >= 0.6 is 0 Å². The summed E-state index contributed by atoms with van der Waals surface area (Å²) in [6.45, 7) is 2.80. The highest BCUT2D eigenvalue weighted by Gasteiger charge is 2.32. The van der Waals surface area contributed by atoms with Crippen LogP contribution in [0.2, 0.25) is 0 Å². The molecule has 144 valence electrons. The van der Waals surface area contributed by atoms with Gasteiger partial charge in [0.15, 0.2) is 12.1 Å². The predicted molar refractivity (Wildman–Crippen MR) is 93.8 cm³/mol. The van der Waals surface area contributed by atoms with E-state index in [-0.39, 0.29) is 24.6 Å². The van der Waals surface area contributed by atoms with Crippen LogP contribution in [0.3, 0.4) is 0 Å². The summed E-state index contributed by atoms with van der Waals surface area (Å²) in [5.74, 6) is 1.30. The van der Waals surface area contributed by atoms with Gasteiger partial charge in [0.05, 0.1) is 13.2 Å². The van der Waals surface area contributed by atoms with Crippen molar-refractivity contribution in [3.05, 3.63) is 53.7 Å². The molecule has 2 fully saturated rings. The van der Waals surface area contributed by atoms with Gasteiger partial charge in [0, 0.05) is 19.0 Å². The summed E-state index contributed by atoms with van der Waals surface area (Å²) in [5, 5.41) is 0. The van der Waals surface area contributed by atoms with Crippen LogP contribution in [0.25, 0.3) is 0 Å². The van der Waals surface area contributed by atoms with Crippen molar-refractivity contribution < 1.29 is 27.8 Å². The van der Waals surface area contributed by atoms with Crippen molar-refractivity contribution >= 4 is 5.91 Å². The molecule has 0 atom stereocenters. The van der Waals surface area contributed by atoms with Crippen LogP contribution in [0.15, 0.2) is 40.8 Å². The molecule has 1 aromatic heterocycles. The second-order valence-corrected chi connectivity index (χ2v) is 6.75. The minimum atomic E-state index is -0.317. The van der Waals surface area contributed by atoms with Gasteiger partial charge in [-0.25, -0.2) is 4.39 Å². The van der Waals surface area contributed by atoms with Gasteiger partial charge in [0.1, 0.15) is 23.9 Å². The molecule has 0 radical (unpaired) electrons. The number of likely N-dealkylation sites (tertiary alicyclic amines) is 1. The van der Waals surface area contributed by atoms with Crippen molar-refractivity contribution in [3.8, 4) is 5.75 Å². The molecule has 0 unspecified atom stereocenters. The predicted octanol–water partition coefficient (Wildman–Crippen LogP) is 3.22. The third-order valence-corrected chi connectivity index (χ3v) is 4.93. The van der Waals surface area contributed by atoms with Gasteiger partial charge in [0.2, 0.25) is 0 Å². The molecule has 1 amide bonds. The number of hydrogen-bond donors (Lipinski definition) is 0. The lowest BCUT2D eigenvalue weighted by Gasteiger charge is -2.33. The molecule has 27 heavy (non-hydrogen) atoms. The van der Waals surface area contributed by atoms with Gasteiger partial charge in [-0.1, -0.05) is 0 Å². The smallest absolute Gasteiger partial charge is 0.289 e. The molecule has 1 aromatic carbocycles. The molecule has 0 N–H and O–H groups in total. The Morgan fingerprint density at radius 1 is 1.07 bits per heavy atom. The molecule has 7 heteroatoms. The zero-order chi connectivity index (χ0) is 18.6. The van der Waals surface area contributed by atoms with E-state index in [1.54, 1.807) is 29.2 Å². The number of carbonyl (C=O) groups is 1. The van der Waals surface area contributed by atoms with Gasteiger partial charge in [-0.15, -0.1) is 0 Å². The zero-order valence-corrected chi connectivity index (χ0v) is 14.9. The standard InChI is InChI=1S/C20H22FNO5/c21-15-1-3-16(4-2-15)26-13-17-5-6-18(27-17)19(23)22-9-7-14(8-10-22)20-24-11-12-25-20/h1-6,14,20H,7-13H2. The average molecular weight is 375 g/mol. The molecule has 0 saturated carbocycles. The number of nitrogens with zero attached hydrogens (tertiary/aromatic N) is 1. The van der Waals surface area contributed by atoms with Gasteiger partial charge in [-0.05, 0) is 49.2 Å². The SMILES string of the molecule is O=C(c1ccc(COc2ccc(F)cc2)o1)N1CCC(C2OCCO2)CC1. The number of piperidine rings is 1. The monoisotopic (exact) mass is 375 g/mol. The highest BCUT2D eigenvalue weighted by molar-refractivity contribution is 5.91. The van der Waals surface area contributed by atoms with Crippen molar-refractivity contribution in [1.82, 2.24) is 4.90 Å². The second-order valence-electron chi connectivity index (χ2n) is 6.75. The van der Waals surface area contributed by atoms with Crippen molar-refractivity contribution in [2.24, 2.45) is 5.92 Å². The molecular weight excluding hydrogens is 353 g/mol. The van der Waals surface area contributed by atoms with Crippen LogP contribution in [0.4, 0.5) is 4.39 Å². The molecule has 4 rings (SSSR count). The lowest BCUT2D eigenvalue weighted by molar-refractivity contribution is -0.0956. The Labute approximate surface area is 156 Å². The molecule has 2 aliphatic heterocycles. The van der Waals surface area contributed by atoms with Crippen LogP contribution < -0.4 is 4.74 Å². The first-order chi connectivity index (χ1) is 13.2. The Morgan fingerprint density at radius 2 is 1.78 bits per heavy atom. The van der Waals surface area contributed by atoms with Gasteiger partial charge < -0.3 is 23.5 Å². The summed E-state index contributed by atoms with van der Waals surface area (Å²) in [5.41, 5.74) is 0. The number of rotatable bonds is 5. The summed E-state index contributed by atoms with van der Waals surface area (Å²) in [4.78, 5) is 14.4. The maximum absolute atomic E-state index is 12.9. The van der Waals surface area contributed by atoms with Gasteiger partial charge in [-0.2, -0.15) is 0 Å².